The molecule has 3 aromatic rings. The lowest BCUT2D eigenvalue weighted by Gasteiger charge is -2.16. The number of carbonyl (C=O) groups is 1. The van der Waals surface area contributed by atoms with Gasteiger partial charge in [-0.2, -0.15) is 0 Å². The van der Waals surface area contributed by atoms with Crippen molar-refractivity contribution in [2.24, 2.45) is 0 Å². The summed E-state index contributed by atoms with van der Waals surface area (Å²) >= 11 is 0. The van der Waals surface area contributed by atoms with E-state index in [1.54, 1.807) is 44.5 Å². The molecule has 2 N–H and O–H groups in total. The zero-order valence-electron chi connectivity index (χ0n) is 12.3. The van der Waals surface area contributed by atoms with Crippen LogP contribution in [0, 0.1) is 0 Å². The first-order chi connectivity index (χ1) is 10.6. The molecular formula is C17H16N2O3. The standard InChI is InChI=1S/C17H16N2O3/c1-19(12-3-5-13(20)6-4-12)17(21)16-10-11-9-14(22-2)7-8-15(11)18-16/h3-10,18,20H,1-2H3. The van der Waals surface area contributed by atoms with Gasteiger partial charge in [-0.3, -0.25) is 4.79 Å². The molecule has 0 atom stereocenters. The molecule has 0 aliphatic carbocycles. The number of aromatic amines is 1. The number of H-pyrrole nitrogens is 1. The van der Waals surface area contributed by atoms with Gasteiger partial charge in [-0.1, -0.05) is 0 Å². The van der Waals surface area contributed by atoms with E-state index in [9.17, 15) is 9.90 Å². The minimum Gasteiger partial charge on any atom is -0.508 e. The summed E-state index contributed by atoms with van der Waals surface area (Å²) in [5.74, 6) is 0.764. The topological polar surface area (TPSA) is 65.6 Å². The Morgan fingerprint density at radius 1 is 1.14 bits per heavy atom. The third kappa shape index (κ3) is 2.48. The Balaban J connectivity index is 1.92. The average Bonchev–Trinajstić information content (AvgIpc) is 2.97. The van der Waals surface area contributed by atoms with Gasteiger partial charge in [-0.15, -0.1) is 0 Å². The number of hydrogen-bond acceptors (Lipinski definition) is 3. The van der Waals surface area contributed by atoms with E-state index in [4.69, 9.17) is 4.74 Å². The molecule has 1 amide bonds. The van der Waals surface area contributed by atoms with Crippen LogP contribution in [0.25, 0.3) is 10.9 Å². The summed E-state index contributed by atoms with van der Waals surface area (Å²) in [4.78, 5) is 17.2. The quantitative estimate of drug-likeness (QED) is 0.780. The van der Waals surface area contributed by atoms with Gasteiger partial charge in [-0.25, -0.2) is 0 Å². The van der Waals surface area contributed by atoms with Crippen molar-refractivity contribution in [1.82, 2.24) is 4.98 Å². The number of anilines is 1. The summed E-state index contributed by atoms with van der Waals surface area (Å²) in [7, 11) is 3.30. The van der Waals surface area contributed by atoms with Gasteiger partial charge >= 0.3 is 0 Å². The van der Waals surface area contributed by atoms with Gasteiger partial charge < -0.3 is 19.7 Å². The van der Waals surface area contributed by atoms with Crippen molar-refractivity contribution in [3.8, 4) is 11.5 Å². The van der Waals surface area contributed by atoms with Crippen LogP contribution < -0.4 is 9.64 Å². The van der Waals surface area contributed by atoms with Crippen LogP contribution in [0.15, 0.2) is 48.5 Å². The van der Waals surface area contributed by atoms with Crippen molar-refractivity contribution in [3.63, 3.8) is 0 Å². The largest absolute Gasteiger partial charge is 0.508 e. The smallest absolute Gasteiger partial charge is 0.274 e. The second-order valence-corrected chi connectivity index (χ2v) is 5.02. The van der Waals surface area contributed by atoms with Gasteiger partial charge in [0.05, 0.1) is 7.11 Å². The number of aromatic nitrogens is 1. The minimum absolute atomic E-state index is 0.152. The maximum absolute atomic E-state index is 12.6. The van der Waals surface area contributed by atoms with Crippen molar-refractivity contribution in [2.45, 2.75) is 0 Å². The van der Waals surface area contributed by atoms with E-state index in [1.807, 2.05) is 18.2 Å². The Hall–Kier alpha value is -2.95. The molecule has 0 fully saturated rings. The highest BCUT2D eigenvalue weighted by molar-refractivity contribution is 6.07. The van der Waals surface area contributed by atoms with E-state index in [-0.39, 0.29) is 11.7 Å². The zero-order chi connectivity index (χ0) is 15.7. The van der Waals surface area contributed by atoms with Crippen molar-refractivity contribution >= 4 is 22.5 Å². The average molecular weight is 296 g/mol. The number of ether oxygens (including phenoxy) is 1. The van der Waals surface area contributed by atoms with Crippen molar-refractivity contribution < 1.29 is 14.6 Å². The van der Waals surface area contributed by atoms with E-state index in [1.165, 1.54) is 4.90 Å². The molecule has 3 rings (SSSR count). The summed E-state index contributed by atoms with van der Waals surface area (Å²) in [6, 6.07) is 13.9. The summed E-state index contributed by atoms with van der Waals surface area (Å²) in [6.45, 7) is 0. The maximum atomic E-state index is 12.6. The molecule has 0 bridgehead atoms. The Labute approximate surface area is 127 Å². The lowest BCUT2D eigenvalue weighted by molar-refractivity contribution is 0.0989. The first-order valence-corrected chi connectivity index (χ1v) is 6.82. The number of methoxy groups -OCH3 is 1. The van der Waals surface area contributed by atoms with Gasteiger partial charge in [0.1, 0.15) is 17.2 Å². The Morgan fingerprint density at radius 2 is 1.86 bits per heavy atom. The summed E-state index contributed by atoms with van der Waals surface area (Å²) < 4.78 is 5.19. The number of phenolic OH excluding ortho intramolecular Hbond substituents is 1. The van der Waals surface area contributed by atoms with Crippen LogP contribution in [-0.4, -0.2) is 30.2 Å². The summed E-state index contributed by atoms with van der Waals surface area (Å²) in [5, 5.41) is 10.2. The molecule has 22 heavy (non-hydrogen) atoms. The molecular weight excluding hydrogens is 280 g/mol. The van der Waals surface area contributed by atoms with Crippen LogP contribution in [0.1, 0.15) is 10.5 Å². The molecule has 0 spiro atoms. The van der Waals surface area contributed by atoms with Crippen molar-refractivity contribution in [2.75, 3.05) is 19.1 Å². The molecule has 5 heteroatoms. The fourth-order valence-corrected chi connectivity index (χ4v) is 2.33. The molecule has 2 aromatic carbocycles. The fraction of sp³-hybridized carbons (Fsp3) is 0.118. The van der Waals surface area contributed by atoms with Crippen LogP contribution in [0.3, 0.4) is 0 Å². The molecule has 0 saturated carbocycles. The van der Waals surface area contributed by atoms with Crippen LogP contribution in [0.2, 0.25) is 0 Å². The van der Waals surface area contributed by atoms with E-state index in [2.05, 4.69) is 4.98 Å². The highest BCUT2D eigenvalue weighted by atomic mass is 16.5. The predicted octanol–water partition coefficient (Wildman–Crippen LogP) is 3.16. The first kappa shape index (κ1) is 14.0. The monoisotopic (exact) mass is 296 g/mol. The van der Waals surface area contributed by atoms with Crippen LogP contribution >= 0.6 is 0 Å². The van der Waals surface area contributed by atoms with Crippen molar-refractivity contribution in [3.05, 3.63) is 54.2 Å². The number of nitrogens with zero attached hydrogens (tertiary/aromatic N) is 1. The number of aromatic hydroxyl groups is 1. The van der Waals surface area contributed by atoms with E-state index >= 15 is 0 Å². The lowest BCUT2D eigenvalue weighted by atomic mass is 10.2. The number of rotatable bonds is 3. The second kappa shape index (κ2) is 5.44. The predicted molar refractivity (Wildman–Crippen MR) is 85.7 cm³/mol. The Morgan fingerprint density at radius 3 is 2.55 bits per heavy atom. The van der Waals surface area contributed by atoms with Crippen LogP contribution in [0.4, 0.5) is 5.69 Å². The number of carbonyl (C=O) groups excluding carboxylic acids is 1. The molecule has 0 unspecified atom stereocenters. The number of nitrogens with one attached hydrogen (secondary N) is 1. The molecule has 0 aliphatic rings. The highest BCUT2D eigenvalue weighted by Gasteiger charge is 2.16. The maximum Gasteiger partial charge on any atom is 0.274 e. The van der Waals surface area contributed by atoms with Crippen LogP contribution in [-0.2, 0) is 0 Å². The van der Waals surface area contributed by atoms with Gasteiger partial charge in [0, 0.05) is 23.6 Å². The molecule has 0 saturated heterocycles. The fourth-order valence-electron chi connectivity index (χ4n) is 2.33. The second-order valence-electron chi connectivity index (χ2n) is 5.02. The van der Waals surface area contributed by atoms with Crippen molar-refractivity contribution in [1.29, 1.82) is 0 Å². The molecule has 5 nitrogen and oxygen atoms in total. The molecule has 0 aliphatic heterocycles. The SMILES string of the molecule is COc1ccc2[nH]c(C(=O)N(C)c3ccc(O)cc3)cc2c1. The number of amides is 1. The summed E-state index contributed by atoms with van der Waals surface area (Å²) in [6.07, 6.45) is 0. The lowest BCUT2D eigenvalue weighted by Crippen LogP contribution is -2.26. The normalized spacial score (nSPS) is 10.6. The first-order valence-electron chi connectivity index (χ1n) is 6.82. The highest BCUT2D eigenvalue weighted by Crippen LogP contribution is 2.23. The minimum atomic E-state index is -0.152. The third-order valence-electron chi connectivity index (χ3n) is 3.60. The summed E-state index contributed by atoms with van der Waals surface area (Å²) in [5.41, 5.74) is 2.08. The third-order valence-corrected chi connectivity index (χ3v) is 3.60. The van der Waals surface area contributed by atoms with E-state index < -0.39 is 0 Å². The van der Waals surface area contributed by atoms with Gasteiger partial charge in [0.2, 0.25) is 0 Å². The molecule has 1 aromatic heterocycles. The van der Waals surface area contributed by atoms with Gasteiger partial charge in [0.25, 0.3) is 5.91 Å². The van der Waals surface area contributed by atoms with Gasteiger partial charge in [-0.05, 0) is 48.5 Å². The van der Waals surface area contributed by atoms with Gasteiger partial charge in [0.15, 0.2) is 0 Å². The van der Waals surface area contributed by atoms with Crippen LogP contribution in [0.5, 0.6) is 11.5 Å². The van der Waals surface area contributed by atoms with E-state index in [0.717, 1.165) is 16.7 Å². The number of phenols is 1. The van der Waals surface area contributed by atoms with E-state index in [0.29, 0.717) is 11.4 Å². The Bertz CT molecular complexity index is 822. The molecule has 112 valence electrons. The Kier molecular flexibility index (Phi) is 3.47. The zero-order valence-corrected chi connectivity index (χ0v) is 12.3. The molecule has 1 heterocycles. The number of benzene rings is 2. The number of fused-ring (bicyclic) bond motifs is 1. The molecule has 0 radical (unpaired) electrons. The number of hydrogen-bond donors (Lipinski definition) is 2.